The van der Waals surface area contributed by atoms with Crippen molar-refractivity contribution in [2.24, 2.45) is 0 Å². The third-order valence-electron chi connectivity index (χ3n) is 1.99. The number of rotatable bonds is 5. The number of thiol groups is 1. The van der Waals surface area contributed by atoms with Crippen molar-refractivity contribution in [1.82, 2.24) is 15.0 Å². The number of imide groups is 1. The van der Waals surface area contributed by atoms with E-state index in [0.717, 1.165) is 0 Å². The van der Waals surface area contributed by atoms with Crippen molar-refractivity contribution in [2.75, 3.05) is 26.3 Å². The van der Waals surface area contributed by atoms with Gasteiger partial charge in [-0.2, -0.15) is 9.97 Å². The van der Waals surface area contributed by atoms with Gasteiger partial charge in [0.25, 0.3) is 0 Å². The minimum atomic E-state index is -0.924. The van der Waals surface area contributed by atoms with Gasteiger partial charge in [-0.1, -0.05) is 12.6 Å². The first-order valence-corrected chi connectivity index (χ1v) is 5.89. The third-order valence-corrected chi connectivity index (χ3v) is 2.19. The molecule has 2 amide bonds. The van der Waals surface area contributed by atoms with Crippen molar-refractivity contribution in [3.63, 3.8) is 0 Å². The topological polar surface area (TPSA) is 103 Å². The number of aromatic nitrogens is 2. The van der Waals surface area contributed by atoms with Gasteiger partial charge < -0.3 is 14.2 Å². The van der Waals surface area contributed by atoms with Gasteiger partial charge in [0.1, 0.15) is 0 Å². The van der Waals surface area contributed by atoms with E-state index in [-0.39, 0.29) is 24.2 Å². The average molecular weight is 302 g/mol. The molecule has 0 fully saturated rings. The van der Waals surface area contributed by atoms with E-state index in [4.69, 9.17) is 14.2 Å². The molecule has 1 aromatic rings. The molecular formula is C10H14N4O5S. The Morgan fingerprint density at radius 3 is 2.60 bits per heavy atom. The molecule has 0 atom stereocenters. The number of amides is 2. The molecule has 0 saturated carbocycles. The number of carbonyl (C=O) groups excluding carboxylic acids is 2. The second-order valence-electron chi connectivity index (χ2n) is 3.20. The van der Waals surface area contributed by atoms with Gasteiger partial charge in [-0.25, -0.2) is 4.79 Å². The Balaban J connectivity index is 3.03. The van der Waals surface area contributed by atoms with Crippen LogP contribution in [-0.2, 0) is 4.74 Å². The zero-order chi connectivity index (χ0) is 15.1. The maximum absolute atomic E-state index is 11.6. The average Bonchev–Trinajstić information content (AvgIpc) is 2.44. The van der Waals surface area contributed by atoms with Crippen molar-refractivity contribution in [3.8, 4) is 11.8 Å². The van der Waals surface area contributed by atoms with E-state index in [0.29, 0.717) is 5.01 Å². The van der Waals surface area contributed by atoms with Crippen LogP contribution < -0.4 is 14.9 Å². The van der Waals surface area contributed by atoms with Crippen LogP contribution >= 0.6 is 12.6 Å². The van der Waals surface area contributed by atoms with Crippen LogP contribution in [0, 0.1) is 0 Å². The molecule has 1 heterocycles. The molecule has 10 heteroatoms. The standard InChI is InChI=1S/C10H14N4O5S/c1-4-19-9(15)14(10(16)20)13-7-6(17-2)5-11-8(12-7)18-3/h5H,4H2,1-3H3,(H,16,20)(H,11,12,13). The molecule has 0 bridgehead atoms. The Morgan fingerprint density at radius 1 is 1.40 bits per heavy atom. The molecule has 1 aromatic heterocycles. The minimum absolute atomic E-state index is 0.0312. The van der Waals surface area contributed by atoms with E-state index in [1.165, 1.54) is 20.4 Å². The summed E-state index contributed by atoms with van der Waals surface area (Å²) >= 11 is 3.58. The summed E-state index contributed by atoms with van der Waals surface area (Å²) in [6.07, 6.45) is 0.396. The smallest absolute Gasteiger partial charge is 0.436 e. The predicted molar refractivity (Wildman–Crippen MR) is 72.0 cm³/mol. The molecule has 0 radical (unpaired) electrons. The summed E-state index contributed by atoms with van der Waals surface area (Å²) in [6, 6.07) is 0.0312. The highest BCUT2D eigenvalue weighted by Gasteiger charge is 2.23. The Kier molecular flexibility index (Phi) is 5.84. The fourth-order valence-corrected chi connectivity index (χ4v) is 1.28. The van der Waals surface area contributed by atoms with Crippen molar-refractivity contribution in [2.45, 2.75) is 6.92 Å². The summed E-state index contributed by atoms with van der Waals surface area (Å²) < 4.78 is 14.6. The molecule has 1 N–H and O–H groups in total. The number of anilines is 1. The van der Waals surface area contributed by atoms with Crippen molar-refractivity contribution < 1.29 is 23.8 Å². The number of nitrogens with one attached hydrogen (secondary N) is 1. The number of hydrogen-bond donors (Lipinski definition) is 2. The molecule has 0 aromatic carbocycles. The van der Waals surface area contributed by atoms with Crippen molar-refractivity contribution in [3.05, 3.63) is 6.20 Å². The molecule has 9 nitrogen and oxygen atoms in total. The maximum atomic E-state index is 11.6. The summed E-state index contributed by atoms with van der Waals surface area (Å²) in [5.41, 5.74) is 2.43. The Labute approximate surface area is 120 Å². The SMILES string of the molecule is CCOC(=O)N(Nc1nc(OC)ncc1OC)C(=O)S. The van der Waals surface area contributed by atoms with Gasteiger partial charge in [-0.15, -0.1) is 5.01 Å². The van der Waals surface area contributed by atoms with Gasteiger partial charge in [0.05, 0.1) is 27.0 Å². The minimum Gasteiger partial charge on any atom is -0.491 e. The van der Waals surface area contributed by atoms with Crippen LogP contribution in [0.25, 0.3) is 0 Å². The lowest BCUT2D eigenvalue weighted by atomic mass is 10.5. The van der Waals surface area contributed by atoms with Crippen LogP contribution in [-0.4, -0.2) is 47.1 Å². The maximum Gasteiger partial charge on any atom is 0.436 e. The lowest BCUT2D eigenvalue weighted by Crippen LogP contribution is -2.39. The molecule has 0 unspecified atom stereocenters. The lowest BCUT2D eigenvalue weighted by Gasteiger charge is -2.19. The summed E-state index contributed by atoms with van der Waals surface area (Å²) in [5, 5.41) is -0.334. The van der Waals surface area contributed by atoms with Crippen LogP contribution in [0.2, 0.25) is 0 Å². The van der Waals surface area contributed by atoms with Crippen LogP contribution in [0.3, 0.4) is 0 Å². The van der Waals surface area contributed by atoms with Gasteiger partial charge in [0.15, 0.2) is 11.6 Å². The zero-order valence-electron chi connectivity index (χ0n) is 11.1. The number of carbonyl (C=O) groups is 2. The number of hydrogen-bond acceptors (Lipinski definition) is 8. The Hall–Kier alpha value is -2.23. The van der Waals surface area contributed by atoms with E-state index < -0.39 is 11.3 Å². The van der Waals surface area contributed by atoms with E-state index in [1.54, 1.807) is 6.92 Å². The van der Waals surface area contributed by atoms with E-state index in [1.807, 2.05) is 0 Å². The normalized spacial score (nSPS) is 9.60. The molecule has 0 aliphatic carbocycles. The van der Waals surface area contributed by atoms with E-state index >= 15 is 0 Å². The largest absolute Gasteiger partial charge is 0.491 e. The van der Waals surface area contributed by atoms with Crippen molar-refractivity contribution in [1.29, 1.82) is 0 Å². The molecule has 0 aliphatic heterocycles. The fraction of sp³-hybridized carbons (Fsp3) is 0.400. The van der Waals surface area contributed by atoms with Gasteiger partial charge >= 0.3 is 17.3 Å². The highest BCUT2D eigenvalue weighted by atomic mass is 32.1. The van der Waals surface area contributed by atoms with E-state index in [9.17, 15) is 9.59 Å². The van der Waals surface area contributed by atoms with Gasteiger partial charge in [-0.05, 0) is 6.92 Å². The molecular weight excluding hydrogens is 288 g/mol. The first-order valence-electron chi connectivity index (χ1n) is 5.45. The molecule has 0 saturated heterocycles. The molecule has 110 valence electrons. The van der Waals surface area contributed by atoms with Gasteiger partial charge in [0.2, 0.25) is 0 Å². The summed E-state index contributed by atoms with van der Waals surface area (Å²) in [7, 11) is 2.76. The van der Waals surface area contributed by atoms with E-state index in [2.05, 4.69) is 28.0 Å². The Morgan fingerprint density at radius 2 is 2.10 bits per heavy atom. The van der Waals surface area contributed by atoms with Gasteiger partial charge in [0, 0.05) is 0 Å². The fourth-order valence-electron chi connectivity index (χ4n) is 1.15. The van der Waals surface area contributed by atoms with Gasteiger partial charge in [-0.3, -0.25) is 10.2 Å². The van der Waals surface area contributed by atoms with Crippen LogP contribution in [0.1, 0.15) is 6.92 Å². The quantitative estimate of drug-likeness (QED) is 0.620. The monoisotopic (exact) mass is 302 g/mol. The number of nitrogens with zero attached hydrogens (tertiary/aromatic N) is 3. The zero-order valence-corrected chi connectivity index (χ0v) is 12.0. The predicted octanol–water partition coefficient (Wildman–Crippen LogP) is 1.33. The number of ether oxygens (including phenoxy) is 3. The second-order valence-corrected chi connectivity index (χ2v) is 3.58. The summed E-state index contributed by atoms with van der Waals surface area (Å²) in [4.78, 5) is 30.7. The highest BCUT2D eigenvalue weighted by molar-refractivity contribution is 7.96. The summed E-state index contributed by atoms with van der Waals surface area (Å²) in [6.45, 7) is 1.70. The molecule has 0 spiro atoms. The lowest BCUT2D eigenvalue weighted by molar-refractivity contribution is 0.126. The third kappa shape index (κ3) is 3.88. The van der Waals surface area contributed by atoms with Crippen molar-refractivity contribution >= 4 is 29.8 Å². The van der Waals surface area contributed by atoms with Crippen LogP contribution in [0.4, 0.5) is 15.4 Å². The summed E-state index contributed by atoms with van der Waals surface area (Å²) in [5.74, 6) is 0.254. The molecule has 20 heavy (non-hydrogen) atoms. The molecule has 1 rings (SSSR count). The number of methoxy groups -OCH3 is 2. The first-order chi connectivity index (χ1) is 9.53. The highest BCUT2D eigenvalue weighted by Crippen LogP contribution is 2.23. The van der Waals surface area contributed by atoms with Crippen LogP contribution in [0.15, 0.2) is 6.20 Å². The molecule has 0 aliphatic rings. The van der Waals surface area contributed by atoms with Crippen LogP contribution in [0.5, 0.6) is 11.8 Å². The second kappa shape index (κ2) is 7.38. The number of hydrazine groups is 1. The Bertz CT molecular complexity index is 499. The first kappa shape index (κ1) is 15.8.